The number of carbonyl (C=O) groups excluding carboxylic acids is 1. The van der Waals surface area contributed by atoms with Gasteiger partial charge in [-0.15, -0.1) is 0 Å². The van der Waals surface area contributed by atoms with Gasteiger partial charge in [-0.05, 0) is 18.9 Å². The van der Waals surface area contributed by atoms with E-state index in [-0.39, 0.29) is 51.4 Å². The molecule has 0 aliphatic rings. The second-order valence-corrected chi connectivity index (χ2v) is 5.56. The third kappa shape index (κ3) is 25.9. The Morgan fingerprint density at radius 3 is 1.64 bits per heavy atom. The SMILES string of the molecule is CCCCCCCCC/C=C/C=C/C=C/C=C/C=C/C=C/C(=O)[O-].[K+]. The van der Waals surface area contributed by atoms with Crippen molar-refractivity contribution in [2.75, 3.05) is 0 Å². The molecule has 0 amide bonds. The van der Waals surface area contributed by atoms with E-state index in [9.17, 15) is 9.90 Å². The van der Waals surface area contributed by atoms with E-state index in [2.05, 4.69) is 19.1 Å². The molecule has 132 valence electrons. The van der Waals surface area contributed by atoms with Gasteiger partial charge >= 0.3 is 51.4 Å². The normalized spacial score (nSPS) is 12.5. The molecule has 0 saturated carbocycles. The molecular weight excluding hydrogens is 335 g/mol. The van der Waals surface area contributed by atoms with E-state index in [4.69, 9.17) is 0 Å². The third-order valence-electron chi connectivity index (χ3n) is 3.34. The molecule has 3 heteroatoms. The summed E-state index contributed by atoms with van der Waals surface area (Å²) in [6.07, 6.45) is 32.4. The fourth-order valence-electron chi connectivity index (χ4n) is 2.04. The molecule has 25 heavy (non-hydrogen) atoms. The Bertz CT molecular complexity index is 468. The van der Waals surface area contributed by atoms with E-state index < -0.39 is 5.97 Å². The van der Waals surface area contributed by atoms with E-state index >= 15 is 0 Å². The fourth-order valence-corrected chi connectivity index (χ4v) is 2.04. The Balaban J connectivity index is 0. The van der Waals surface area contributed by atoms with Crippen LogP contribution >= 0.6 is 0 Å². The number of rotatable bonds is 14. The van der Waals surface area contributed by atoms with Gasteiger partial charge in [0.2, 0.25) is 0 Å². The topological polar surface area (TPSA) is 40.1 Å². The largest absolute Gasteiger partial charge is 1.00 e. The molecule has 0 heterocycles. The molecule has 0 atom stereocenters. The molecule has 0 fully saturated rings. The minimum Gasteiger partial charge on any atom is -0.545 e. The van der Waals surface area contributed by atoms with Crippen molar-refractivity contribution < 1.29 is 61.3 Å². The van der Waals surface area contributed by atoms with Gasteiger partial charge in [0, 0.05) is 0 Å². The van der Waals surface area contributed by atoms with Crippen LogP contribution in [0.3, 0.4) is 0 Å². The molecule has 0 spiro atoms. The van der Waals surface area contributed by atoms with Crippen LogP contribution in [0.4, 0.5) is 0 Å². The van der Waals surface area contributed by atoms with Crippen LogP contribution in [0.15, 0.2) is 72.9 Å². The number of carbonyl (C=O) groups is 1. The molecular formula is C22H31KO2. The summed E-state index contributed by atoms with van der Waals surface area (Å²) in [4.78, 5) is 10.1. The van der Waals surface area contributed by atoms with Crippen molar-refractivity contribution in [3.63, 3.8) is 0 Å². The standard InChI is InChI=1S/C22H32O2.K/c1-2-3-4-5-6-7-8-9-10-11-12-13-14-15-16-17-18-19-20-21-22(23)24;/h10-21H,2-9H2,1H3,(H,23,24);/q;+1/p-1/b11-10+,13-12+,15-14+,17-16+,19-18+,21-20+;. The van der Waals surface area contributed by atoms with Crippen molar-refractivity contribution in [1.29, 1.82) is 0 Å². The summed E-state index contributed by atoms with van der Waals surface area (Å²) < 4.78 is 0. The van der Waals surface area contributed by atoms with Crippen LogP contribution in [0.1, 0.15) is 58.3 Å². The van der Waals surface area contributed by atoms with Gasteiger partial charge < -0.3 is 9.90 Å². The van der Waals surface area contributed by atoms with Crippen molar-refractivity contribution in [2.45, 2.75) is 58.3 Å². The summed E-state index contributed by atoms with van der Waals surface area (Å²) in [6.45, 7) is 2.25. The summed E-state index contributed by atoms with van der Waals surface area (Å²) in [7, 11) is 0. The van der Waals surface area contributed by atoms with Crippen LogP contribution in [0, 0.1) is 0 Å². The maximum atomic E-state index is 10.1. The van der Waals surface area contributed by atoms with E-state index in [1.165, 1.54) is 51.0 Å². The second-order valence-electron chi connectivity index (χ2n) is 5.56. The number of aliphatic carboxylic acids is 1. The van der Waals surface area contributed by atoms with Crippen LogP contribution < -0.4 is 56.5 Å². The molecule has 0 N–H and O–H groups in total. The molecule has 0 aromatic rings. The van der Waals surface area contributed by atoms with Gasteiger partial charge in [0.25, 0.3) is 0 Å². The summed E-state index contributed by atoms with van der Waals surface area (Å²) in [5, 5.41) is 10.1. The first-order valence-electron chi connectivity index (χ1n) is 8.98. The van der Waals surface area contributed by atoms with E-state index in [1.807, 2.05) is 36.5 Å². The van der Waals surface area contributed by atoms with Crippen LogP contribution in [0.5, 0.6) is 0 Å². The molecule has 0 bridgehead atoms. The average Bonchev–Trinajstić information content (AvgIpc) is 2.56. The first kappa shape index (κ1) is 26.8. The molecule has 0 radical (unpaired) electrons. The monoisotopic (exact) mass is 366 g/mol. The summed E-state index contributed by atoms with van der Waals surface area (Å²) in [5.41, 5.74) is 0. The van der Waals surface area contributed by atoms with Gasteiger partial charge in [-0.3, -0.25) is 0 Å². The Labute approximate surface area is 196 Å². The average molecular weight is 367 g/mol. The number of hydrogen-bond donors (Lipinski definition) is 0. The van der Waals surface area contributed by atoms with Crippen LogP contribution in [0.2, 0.25) is 0 Å². The van der Waals surface area contributed by atoms with Crippen molar-refractivity contribution in [2.24, 2.45) is 0 Å². The Morgan fingerprint density at radius 1 is 0.680 bits per heavy atom. The maximum absolute atomic E-state index is 10.1. The predicted octanol–water partition coefficient (Wildman–Crippen LogP) is 2.22. The molecule has 0 unspecified atom stereocenters. The van der Waals surface area contributed by atoms with Gasteiger partial charge in [0.1, 0.15) is 0 Å². The minimum atomic E-state index is -1.19. The fraction of sp³-hybridized carbons (Fsp3) is 0.409. The zero-order valence-electron chi connectivity index (χ0n) is 15.9. The number of carboxylic acids is 1. The molecule has 2 nitrogen and oxygen atoms in total. The van der Waals surface area contributed by atoms with Gasteiger partial charge in [0.15, 0.2) is 0 Å². The summed E-state index contributed by atoms with van der Waals surface area (Å²) >= 11 is 0. The zero-order chi connectivity index (χ0) is 17.7. The maximum Gasteiger partial charge on any atom is 1.00 e. The van der Waals surface area contributed by atoms with E-state index in [0.717, 1.165) is 12.5 Å². The first-order valence-corrected chi connectivity index (χ1v) is 8.98. The molecule has 0 aromatic heterocycles. The third-order valence-corrected chi connectivity index (χ3v) is 3.34. The number of unbranched alkanes of at least 4 members (excludes halogenated alkanes) is 7. The van der Waals surface area contributed by atoms with Crippen molar-refractivity contribution >= 4 is 5.97 Å². The van der Waals surface area contributed by atoms with Crippen molar-refractivity contribution in [3.8, 4) is 0 Å². The Morgan fingerprint density at radius 2 is 1.12 bits per heavy atom. The zero-order valence-corrected chi connectivity index (χ0v) is 19.0. The number of carboxylic acid groups (broad SMARTS) is 1. The molecule has 0 aliphatic carbocycles. The Hall–Kier alpha value is -0.454. The summed E-state index contributed by atoms with van der Waals surface area (Å²) in [6, 6.07) is 0. The van der Waals surface area contributed by atoms with Crippen LogP contribution in [-0.4, -0.2) is 5.97 Å². The van der Waals surface area contributed by atoms with Gasteiger partial charge in [-0.2, -0.15) is 0 Å². The number of allylic oxidation sites excluding steroid dienone is 11. The quantitative estimate of drug-likeness (QED) is 0.205. The summed E-state index contributed by atoms with van der Waals surface area (Å²) in [5.74, 6) is -1.19. The second kappa shape index (κ2) is 23.5. The van der Waals surface area contributed by atoms with E-state index in [1.54, 1.807) is 12.2 Å². The van der Waals surface area contributed by atoms with E-state index in [0.29, 0.717) is 0 Å². The minimum absolute atomic E-state index is 0. The number of hydrogen-bond acceptors (Lipinski definition) is 2. The molecule has 0 rings (SSSR count). The van der Waals surface area contributed by atoms with Gasteiger partial charge in [-0.25, -0.2) is 0 Å². The molecule has 0 saturated heterocycles. The first-order chi connectivity index (χ1) is 11.8. The van der Waals surface area contributed by atoms with Crippen molar-refractivity contribution in [1.82, 2.24) is 0 Å². The molecule has 0 aliphatic heterocycles. The van der Waals surface area contributed by atoms with Gasteiger partial charge in [-0.1, -0.05) is 112 Å². The predicted molar refractivity (Wildman–Crippen MR) is 102 cm³/mol. The van der Waals surface area contributed by atoms with Crippen molar-refractivity contribution in [3.05, 3.63) is 72.9 Å². The molecule has 0 aromatic carbocycles. The van der Waals surface area contributed by atoms with Crippen LogP contribution in [0.25, 0.3) is 0 Å². The van der Waals surface area contributed by atoms with Gasteiger partial charge in [0.05, 0.1) is 5.97 Å². The van der Waals surface area contributed by atoms with Crippen LogP contribution in [-0.2, 0) is 4.79 Å². The Kier molecular flexibility index (Phi) is 25.2. The smallest absolute Gasteiger partial charge is 0.545 e.